The van der Waals surface area contributed by atoms with Crippen molar-refractivity contribution in [2.45, 2.75) is 6.54 Å². The van der Waals surface area contributed by atoms with E-state index in [0.717, 1.165) is 6.26 Å². The number of carbonyl (C=O) groups excluding carboxylic acids is 2. The molecule has 0 heterocycles. The third kappa shape index (κ3) is 6.86. The van der Waals surface area contributed by atoms with Crippen molar-refractivity contribution in [3.63, 3.8) is 0 Å². The van der Waals surface area contributed by atoms with Crippen LogP contribution in [0.15, 0.2) is 78.9 Å². The number of sulfonamides is 1. The van der Waals surface area contributed by atoms with E-state index in [9.17, 15) is 18.0 Å². The van der Waals surface area contributed by atoms with Crippen molar-refractivity contribution in [1.82, 2.24) is 5.32 Å². The average Bonchev–Trinajstić information content (AvgIpc) is 2.73. The van der Waals surface area contributed by atoms with Gasteiger partial charge in [0.15, 0.2) is 0 Å². The van der Waals surface area contributed by atoms with Crippen molar-refractivity contribution in [2.24, 2.45) is 0 Å². The monoisotopic (exact) mass is 438 g/mol. The molecule has 3 aromatic rings. The van der Waals surface area contributed by atoms with Crippen LogP contribution in [-0.4, -0.2) is 26.6 Å². The van der Waals surface area contributed by atoms with E-state index in [4.69, 9.17) is 0 Å². The highest BCUT2D eigenvalue weighted by atomic mass is 32.2. The van der Waals surface area contributed by atoms with Crippen molar-refractivity contribution < 1.29 is 18.0 Å². The summed E-state index contributed by atoms with van der Waals surface area (Å²) < 4.78 is 25.4. The van der Waals surface area contributed by atoms with Crippen LogP contribution in [0.25, 0.3) is 0 Å². The van der Waals surface area contributed by atoms with Gasteiger partial charge in [0.05, 0.1) is 11.9 Å². The molecule has 0 atom stereocenters. The highest BCUT2D eigenvalue weighted by Crippen LogP contribution is 2.17. The van der Waals surface area contributed by atoms with E-state index in [-0.39, 0.29) is 12.5 Å². The fraction of sp³-hybridized carbons (Fsp3) is 0.0909. The zero-order valence-electron chi connectivity index (χ0n) is 16.8. The van der Waals surface area contributed by atoms with Gasteiger partial charge in [0.2, 0.25) is 10.0 Å². The van der Waals surface area contributed by atoms with Gasteiger partial charge >= 0.3 is 6.03 Å². The standard InChI is InChI=1S/C22H22N4O4S/c1-31(29,30)26-20-10-6-5-7-17(20)15-23-21(27)16-11-13-19(14-12-16)25-22(28)24-18-8-3-2-4-9-18/h2-14,26H,15H2,1H3,(H,23,27)(H2,24,25,28). The summed E-state index contributed by atoms with van der Waals surface area (Å²) in [6, 6.07) is 21.9. The maximum absolute atomic E-state index is 12.4. The van der Waals surface area contributed by atoms with E-state index in [2.05, 4.69) is 20.7 Å². The van der Waals surface area contributed by atoms with Gasteiger partial charge in [-0.1, -0.05) is 36.4 Å². The largest absolute Gasteiger partial charge is 0.348 e. The predicted molar refractivity (Wildman–Crippen MR) is 122 cm³/mol. The van der Waals surface area contributed by atoms with Crippen LogP contribution >= 0.6 is 0 Å². The lowest BCUT2D eigenvalue weighted by Crippen LogP contribution is -2.24. The third-order valence-electron chi connectivity index (χ3n) is 4.19. The number of hydrogen-bond donors (Lipinski definition) is 4. The summed E-state index contributed by atoms with van der Waals surface area (Å²) in [5.74, 6) is -0.325. The molecule has 0 bridgehead atoms. The molecule has 0 aliphatic rings. The summed E-state index contributed by atoms with van der Waals surface area (Å²) in [5.41, 5.74) is 2.66. The average molecular weight is 439 g/mol. The first-order valence-corrected chi connectivity index (χ1v) is 11.3. The fourth-order valence-corrected chi connectivity index (χ4v) is 3.37. The second-order valence-corrected chi connectivity index (χ2v) is 8.49. The molecule has 0 aliphatic carbocycles. The third-order valence-corrected chi connectivity index (χ3v) is 4.78. The molecular formula is C22H22N4O4S. The molecular weight excluding hydrogens is 416 g/mol. The van der Waals surface area contributed by atoms with Crippen molar-refractivity contribution in [3.05, 3.63) is 90.0 Å². The summed E-state index contributed by atoms with van der Waals surface area (Å²) >= 11 is 0. The van der Waals surface area contributed by atoms with Gasteiger partial charge in [-0.15, -0.1) is 0 Å². The Morgan fingerprint density at radius 3 is 2.00 bits per heavy atom. The summed E-state index contributed by atoms with van der Waals surface area (Å²) in [7, 11) is -3.43. The summed E-state index contributed by atoms with van der Waals surface area (Å²) in [4.78, 5) is 24.5. The molecule has 8 nitrogen and oxygen atoms in total. The smallest absolute Gasteiger partial charge is 0.323 e. The number of nitrogens with one attached hydrogen (secondary N) is 4. The maximum atomic E-state index is 12.4. The Kier molecular flexibility index (Phi) is 6.88. The Morgan fingerprint density at radius 1 is 0.774 bits per heavy atom. The van der Waals surface area contributed by atoms with Crippen LogP contribution in [0.2, 0.25) is 0 Å². The molecule has 31 heavy (non-hydrogen) atoms. The first-order valence-electron chi connectivity index (χ1n) is 9.37. The number of hydrogen-bond acceptors (Lipinski definition) is 4. The van der Waals surface area contributed by atoms with Crippen molar-refractivity contribution in [1.29, 1.82) is 0 Å². The molecule has 3 amide bonds. The molecule has 9 heteroatoms. The van der Waals surface area contributed by atoms with Gasteiger partial charge in [-0.05, 0) is 48.0 Å². The van der Waals surface area contributed by atoms with E-state index < -0.39 is 16.1 Å². The molecule has 0 fully saturated rings. The molecule has 0 aliphatic heterocycles. The minimum Gasteiger partial charge on any atom is -0.348 e. The fourth-order valence-electron chi connectivity index (χ4n) is 2.77. The zero-order valence-corrected chi connectivity index (χ0v) is 17.6. The minimum absolute atomic E-state index is 0.150. The second-order valence-electron chi connectivity index (χ2n) is 6.74. The van der Waals surface area contributed by atoms with Gasteiger partial charge in [0, 0.05) is 23.5 Å². The molecule has 0 spiro atoms. The molecule has 0 aromatic heterocycles. The zero-order chi connectivity index (χ0) is 22.3. The van der Waals surface area contributed by atoms with E-state index in [1.165, 1.54) is 0 Å². The Balaban J connectivity index is 1.57. The van der Waals surface area contributed by atoms with E-state index in [1.807, 2.05) is 18.2 Å². The van der Waals surface area contributed by atoms with Crippen LogP contribution in [0.4, 0.5) is 21.9 Å². The van der Waals surface area contributed by atoms with Crippen molar-refractivity contribution >= 4 is 39.0 Å². The lowest BCUT2D eigenvalue weighted by atomic mass is 10.1. The van der Waals surface area contributed by atoms with Crippen molar-refractivity contribution in [2.75, 3.05) is 21.6 Å². The Labute approximate surface area is 180 Å². The summed E-state index contributed by atoms with van der Waals surface area (Å²) in [6.45, 7) is 0.150. The number of amides is 3. The molecule has 0 saturated carbocycles. The van der Waals surface area contributed by atoms with E-state index >= 15 is 0 Å². The van der Waals surface area contributed by atoms with Crippen LogP contribution in [0, 0.1) is 0 Å². The first kappa shape index (κ1) is 21.8. The Morgan fingerprint density at radius 2 is 1.35 bits per heavy atom. The predicted octanol–water partition coefficient (Wildman–Crippen LogP) is 3.63. The quantitative estimate of drug-likeness (QED) is 0.451. The van der Waals surface area contributed by atoms with Gasteiger partial charge in [0.1, 0.15) is 0 Å². The van der Waals surface area contributed by atoms with Crippen LogP contribution in [0.5, 0.6) is 0 Å². The summed E-state index contributed by atoms with van der Waals surface area (Å²) in [5, 5.41) is 8.17. The van der Waals surface area contributed by atoms with Crippen LogP contribution in [-0.2, 0) is 16.6 Å². The number of benzene rings is 3. The molecule has 4 N–H and O–H groups in total. The normalized spacial score (nSPS) is 10.7. The van der Waals surface area contributed by atoms with Gasteiger partial charge in [-0.3, -0.25) is 9.52 Å². The van der Waals surface area contributed by atoms with Gasteiger partial charge in [-0.2, -0.15) is 0 Å². The number of anilines is 3. The van der Waals surface area contributed by atoms with Crippen LogP contribution in [0.1, 0.15) is 15.9 Å². The molecule has 160 valence electrons. The SMILES string of the molecule is CS(=O)(=O)Nc1ccccc1CNC(=O)c1ccc(NC(=O)Nc2ccccc2)cc1. The first-order chi connectivity index (χ1) is 14.8. The lowest BCUT2D eigenvalue weighted by Gasteiger charge is -2.12. The molecule has 0 saturated heterocycles. The number of para-hydroxylation sites is 2. The topological polar surface area (TPSA) is 116 Å². The van der Waals surface area contributed by atoms with Gasteiger partial charge in [0.25, 0.3) is 5.91 Å². The molecule has 3 rings (SSSR count). The lowest BCUT2D eigenvalue weighted by molar-refractivity contribution is 0.0951. The highest BCUT2D eigenvalue weighted by Gasteiger charge is 2.10. The maximum Gasteiger partial charge on any atom is 0.323 e. The summed E-state index contributed by atoms with van der Waals surface area (Å²) in [6.07, 6.45) is 1.07. The Hall–Kier alpha value is -3.85. The molecule has 0 radical (unpaired) electrons. The van der Waals surface area contributed by atoms with Crippen LogP contribution in [0.3, 0.4) is 0 Å². The van der Waals surface area contributed by atoms with E-state index in [0.29, 0.717) is 28.2 Å². The van der Waals surface area contributed by atoms with Crippen molar-refractivity contribution in [3.8, 4) is 0 Å². The van der Waals surface area contributed by atoms with E-state index in [1.54, 1.807) is 60.7 Å². The second kappa shape index (κ2) is 9.77. The highest BCUT2D eigenvalue weighted by molar-refractivity contribution is 7.92. The van der Waals surface area contributed by atoms with Gasteiger partial charge < -0.3 is 16.0 Å². The number of rotatable bonds is 7. The minimum atomic E-state index is -3.43. The number of carbonyl (C=O) groups is 2. The molecule has 0 unspecified atom stereocenters. The van der Waals surface area contributed by atoms with Gasteiger partial charge in [-0.25, -0.2) is 13.2 Å². The molecule has 3 aromatic carbocycles. The van der Waals surface area contributed by atoms with Crippen LogP contribution < -0.4 is 20.7 Å². The Bertz CT molecular complexity index is 1160. The number of urea groups is 1.